The molecule has 2 rings (SSSR count). The van der Waals surface area contributed by atoms with Crippen molar-refractivity contribution in [2.45, 2.75) is 13.3 Å². The quantitative estimate of drug-likeness (QED) is 0.681. The van der Waals surface area contributed by atoms with Crippen LogP contribution < -0.4 is 14.8 Å². The number of benzene rings is 2. The fourth-order valence-electron chi connectivity index (χ4n) is 2.05. The molecule has 7 nitrogen and oxygen atoms in total. The third kappa shape index (κ3) is 6.81. The summed E-state index contributed by atoms with van der Waals surface area (Å²) < 4.78 is 15.7. The van der Waals surface area contributed by atoms with E-state index in [2.05, 4.69) is 5.32 Å². The Balaban J connectivity index is 1.75. The van der Waals surface area contributed by atoms with Crippen molar-refractivity contribution in [2.75, 3.05) is 19.8 Å². The van der Waals surface area contributed by atoms with Gasteiger partial charge >= 0.3 is 5.97 Å². The highest BCUT2D eigenvalue weighted by molar-refractivity contribution is 6.05. The molecule has 2 aromatic carbocycles. The van der Waals surface area contributed by atoms with Crippen molar-refractivity contribution < 1.29 is 28.6 Å². The van der Waals surface area contributed by atoms with Crippen molar-refractivity contribution in [1.29, 1.82) is 0 Å². The van der Waals surface area contributed by atoms with Crippen molar-refractivity contribution in [1.82, 2.24) is 5.32 Å². The number of imide groups is 1. The van der Waals surface area contributed by atoms with Gasteiger partial charge in [0.2, 0.25) is 0 Å². The molecule has 27 heavy (non-hydrogen) atoms. The molecule has 0 unspecified atom stereocenters. The zero-order chi connectivity index (χ0) is 19.5. The first kappa shape index (κ1) is 20.0. The largest absolute Gasteiger partial charge is 0.490 e. The summed E-state index contributed by atoms with van der Waals surface area (Å²) >= 11 is 0. The van der Waals surface area contributed by atoms with Gasteiger partial charge in [0.25, 0.3) is 11.8 Å². The van der Waals surface area contributed by atoms with Crippen LogP contribution in [0, 0.1) is 0 Å². The van der Waals surface area contributed by atoms with Crippen LogP contribution >= 0.6 is 0 Å². The molecule has 0 aliphatic heterocycles. The Labute approximate surface area is 157 Å². The first-order valence-corrected chi connectivity index (χ1v) is 8.49. The lowest BCUT2D eigenvalue weighted by atomic mass is 10.2. The average molecular weight is 371 g/mol. The molecule has 0 saturated heterocycles. The summed E-state index contributed by atoms with van der Waals surface area (Å²) in [6.07, 6.45) is 0.840. The predicted octanol–water partition coefficient (Wildman–Crippen LogP) is 2.35. The Morgan fingerprint density at radius 2 is 1.48 bits per heavy atom. The highest BCUT2D eigenvalue weighted by atomic mass is 16.6. The van der Waals surface area contributed by atoms with E-state index in [-0.39, 0.29) is 6.61 Å². The molecular weight excluding hydrogens is 350 g/mol. The van der Waals surface area contributed by atoms with Crippen LogP contribution in [0.5, 0.6) is 11.5 Å². The van der Waals surface area contributed by atoms with Crippen LogP contribution in [-0.4, -0.2) is 37.6 Å². The third-order valence-electron chi connectivity index (χ3n) is 3.31. The Kier molecular flexibility index (Phi) is 7.84. The van der Waals surface area contributed by atoms with Gasteiger partial charge in [-0.3, -0.25) is 14.9 Å². The van der Waals surface area contributed by atoms with Crippen LogP contribution in [0.25, 0.3) is 0 Å². The number of esters is 1. The Hall–Kier alpha value is -3.35. The SMILES string of the molecule is CCCOc1ccccc1OCC(=O)OCC(=O)NC(=O)c1ccccc1. The summed E-state index contributed by atoms with van der Waals surface area (Å²) in [6, 6.07) is 15.2. The molecule has 0 aliphatic rings. The summed E-state index contributed by atoms with van der Waals surface area (Å²) in [4.78, 5) is 35.3. The summed E-state index contributed by atoms with van der Waals surface area (Å²) in [5.74, 6) is -1.08. The minimum atomic E-state index is -0.734. The van der Waals surface area contributed by atoms with Crippen molar-refractivity contribution in [3.63, 3.8) is 0 Å². The molecule has 0 fully saturated rings. The van der Waals surface area contributed by atoms with Crippen LogP contribution in [0.1, 0.15) is 23.7 Å². The maximum Gasteiger partial charge on any atom is 0.344 e. The van der Waals surface area contributed by atoms with Gasteiger partial charge in [0.05, 0.1) is 6.61 Å². The number of nitrogens with one attached hydrogen (secondary N) is 1. The van der Waals surface area contributed by atoms with E-state index in [9.17, 15) is 14.4 Å². The van der Waals surface area contributed by atoms with Crippen molar-refractivity contribution in [3.8, 4) is 11.5 Å². The van der Waals surface area contributed by atoms with Crippen LogP contribution in [0.15, 0.2) is 54.6 Å². The molecule has 1 N–H and O–H groups in total. The molecule has 0 aromatic heterocycles. The molecule has 0 radical (unpaired) electrons. The van der Waals surface area contributed by atoms with Crippen molar-refractivity contribution in [2.24, 2.45) is 0 Å². The number of hydrogen-bond donors (Lipinski definition) is 1. The third-order valence-corrected chi connectivity index (χ3v) is 3.31. The first-order valence-electron chi connectivity index (χ1n) is 8.49. The van der Waals surface area contributed by atoms with E-state index in [0.29, 0.717) is 23.7 Å². The topological polar surface area (TPSA) is 90.9 Å². The summed E-state index contributed by atoms with van der Waals surface area (Å²) in [6.45, 7) is 1.55. The number of carbonyl (C=O) groups is 3. The number of ether oxygens (including phenoxy) is 3. The van der Waals surface area contributed by atoms with Gasteiger partial charge in [-0.2, -0.15) is 0 Å². The standard InChI is InChI=1S/C20H21NO6/c1-2-12-25-16-10-6-7-11-17(16)26-14-19(23)27-13-18(22)21-20(24)15-8-4-3-5-9-15/h3-11H,2,12-14H2,1H3,(H,21,22,24). The minimum absolute atomic E-state index is 0.337. The molecule has 0 aliphatic carbocycles. The van der Waals surface area contributed by atoms with Gasteiger partial charge < -0.3 is 14.2 Å². The monoisotopic (exact) mass is 371 g/mol. The number of carbonyl (C=O) groups excluding carboxylic acids is 3. The van der Waals surface area contributed by atoms with E-state index in [0.717, 1.165) is 6.42 Å². The van der Waals surface area contributed by atoms with Crippen molar-refractivity contribution in [3.05, 3.63) is 60.2 Å². The smallest absolute Gasteiger partial charge is 0.344 e. The highest BCUT2D eigenvalue weighted by Crippen LogP contribution is 2.26. The predicted molar refractivity (Wildman–Crippen MR) is 97.6 cm³/mol. The van der Waals surface area contributed by atoms with Gasteiger partial charge in [0.1, 0.15) is 0 Å². The normalized spacial score (nSPS) is 9.96. The zero-order valence-corrected chi connectivity index (χ0v) is 15.0. The van der Waals surface area contributed by atoms with Crippen LogP contribution in [-0.2, 0) is 14.3 Å². The zero-order valence-electron chi connectivity index (χ0n) is 15.0. The van der Waals surface area contributed by atoms with Gasteiger partial charge in [-0.05, 0) is 30.7 Å². The molecule has 7 heteroatoms. The molecule has 0 saturated carbocycles. The van der Waals surface area contributed by atoms with Crippen LogP contribution in [0.2, 0.25) is 0 Å². The van der Waals surface area contributed by atoms with Gasteiger partial charge in [-0.1, -0.05) is 37.3 Å². The van der Waals surface area contributed by atoms with E-state index >= 15 is 0 Å². The molecule has 0 spiro atoms. The van der Waals surface area contributed by atoms with Gasteiger partial charge in [0.15, 0.2) is 24.7 Å². The second-order valence-corrected chi connectivity index (χ2v) is 5.49. The molecule has 0 bridgehead atoms. The molecule has 0 heterocycles. The number of hydrogen-bond acceptors (Lipinski definition) is 6. The minimum Gasteiger partial charge on any atom is -0.490 e. The lowest BCUT2D eigenvalue weighted by molar-refractivity contribution is -0.150. The van der Waals surface area contributed by atoms with E-state index in [1.54, 1.807) is 54.6 Å². The fraction of sp³-hybridized carbons (Fsp3) is 0.250. The molecule has 2 aromatic rings. The van der Waals surface area contributed by atoms with Crippen LogP contribution in [0.3, 0.4) is 0 Å². The fourth-order valence-corrected chi connectivity index (χ4v) is 2.05. The highest BCUT2D eigenvalue weighted by Gasteiger charge is 2.13. The maximum atomic E-state index is 11.8. The van der Waals surface area contributed by atoms with Crippen molar-refractivity contribution >= 4 is 17.8 Å². The maximum absolute atomic E-state index is 11.8. The molecular formula is C20H21NO6. The van der Waals surface area contributed by atoms with Gasteiger partial charge in [0, 0.05) is 5.56 Å². The van der Waals surface area contributed by atoms with E-state index < -0.39 is 24.4 Å². The Morgan fingerprint density at radius 3 is 2.15 bits per heavy atom. The second kappa shape index (κ2) is 10.6. The van der Waals surface area contributed by atoms with E-state index in [4.69, 9.17) is 14.2 Å². The van der Waals surface area contributed by atoms with Crippen LogP contribution in [0.4, 0.5) is 0 Å². The Morgan fingerprint density at radius 1 is 0.852 bits per heavy atom. The number of para-hydroxylation sites is 2. The second-order valence-electron chi connectivity index (χ2n) is 5.49. The average Bonchev–Trinajstić information content (AvgIpc) is 2.70. The number of rotatable bonds is 9. The summed E-state index contributed by atoms with van der Waals surface area (Å²) in [5.41, 5.74) is 0.337. The lowest BCUT2D eigenvalue weighted by Gasteiger charge is -2.11. The lowest BCUT2D eigenvalue weighted by Crippen LogP contribution is -2.34. The summed E-state index contributed by atoms with van der Waals surface area (Å²) in [5, 5.41) is 2.14. The van der Waals surface area contributed by atoms with Gasteiger partial charge in [-0.15, -0.1) is 0 Å². The van der Waals surface area contributed by atoms with Gasteiger partial charge in [-0.25, -0.2) is 4.79 Å². The molecule has 142 valence electrons. The molecule has 0 atom stereocenters. The molecule has 2 amide bonds. The number of amides is 2. The first-order chi connectivity index (χ1) is 13.1. The van der Waals surface area contributed by atoms with E-state index in [1.165, 1.54) is 0 Å². The summed E-state index contributed by atoms with van der Waals surface area (Å²) in [7, 11) is 0. The van der Waals surface area contributed by atoms with E-state index in [1.807, 2.05) is 6.92 Å². The Bertz CT molecular complexity index is 775.